The van der Waals surface area contributed by atoms with Gasteiger partial charge < -0.3 is 19.9 Å². The van der Waals surface area contributed by atoms with Gasteiger partial charge in [-0.05, 0) is 48.5 Å². The molecule has 0 aliphatic rings. The van der Waals surface area contributed by atoms with Gasteiger partial charge in [0.15, 0.2) is 0 Å². The summed E-state index contributed by atoms with van der Waals surface area (Å²) in [5, 5.41) is 3.34. The van der Waals surface area contributed by atoms with Crippen molar-refractivity contribution >= 4 is 30.9 Å². The molecule has 0 aliphatic carbocycles. The van der Waals surface area contributed by atoms with Crippen LogP contribution in [0.4, 0.5) is 37.7 Å². The minimum absolute atomic E-state index is 0.0860. The Morgan fingerprint density at radius 1 is 0.655 bits per heavy atom. The van der Waals surface area contributed by atoms with Gasteiger partial charge in [0.1, 0.15) is 11.5 Å². The normalized spacial score (nSPS) is 11.4. The zero-order chi connectivity index (χ0) is 21.7. The number of amides is 2. The summed E-state index contributed by atoms with van der Waals surface area (Å²) >= 11 is 0. The Morgan fingerprint density at radius 3 is 1.24 bits per heavy atom. The monoisotopic (exact) mass is 420 g/mol. The fourth-order valence-corrected chi connectivity index (χ4v) is 1.84. The molecule has 2 N–H and O–H groups in total. The highest BCUT2D eigenvalue weighted by atomic mass is 19.4. The van der Waals surface area contributed by atoms with E-state index in [4.69, 9.17) is 9.31 Å². The van der Waals surface area contributed by atoms with Crippen LogP contribution < -0.4 is 19.9 Å². The van der Waals surface area contributed by atoms with Crippen molar-refractivity contribution in [2.24, 2.45) is 0 Å². The maximum Gasteiger partial charge on any atom is 0.576 e. The molecule has 0 saturated heterocycles. The molecular formula is C16H11BF6N2O4. The Bertz CT molecular complexity index is 782. The molecule has 29 heavy (non-hydrogen) atoms. The van der Waals surface area contributed by atoms with E-state index >= 15 is 0 Å². The third-order valence-corrected chi connectivity index (χ3v) is 3.19. The molecule has 0 unspecified atom stereocenters. The first kappa shape index (κ1) is 21.9. The molecule has 0 aromatic heterocycles. The Hall–Kier alpha value is -3.38. The van der Waals surface area contributed by atoms with E-state index in [0.29, 0.717) is 0 Å². The number of nitrogens with one attached hydrogen (secondary N) is 2. The maximum atomic E-state index is 12.2. The second kappa shape index (κ2) is 8.75. The number of carbonyl (C=O) groups is 2. The molecule has 0 atom stereocenters. The van der Waals surface area contributed by atoms with Crippen molar-refractivity contribution in [3.63, 3.8) is 0 Å². The van der Waals surface area contributed by atoms with E-state index in [2.05, 4.69) is 0 Å². The summed E-state index contributed by atoms with van der Waals surface area (Å²) in [6.45, 7) is 0. The van der Waals surface area contributed by atoms with E-state index in [0.717, 1.165) is 0 Å². The Labute approximate surface area is 160 Å². The minimum Gasteiger partial charge on any atom is -0.529 e. The van der Waals surface area contributed by atoms with Gasteiger partial charge in [-0.25, -0.2) is 0 Å². The molecule has 0 aliphatic heterocycles. The number of halogens is 6. The smallest absolute Gasteiger partial charge is 0.529 e. The Morgan fingerprint density at radius 2 is 0.966 bits per heavy atom. The molecule has 0 bridgehead atoms. The van der Waals surface area contributed by atoms with Crippen molar-refractivity contribution in [2.75, 3.05) is 10.6 Å². The van der Waals surface area contributed by atoms with Crippen LogP contribution in [0.1, 0.15) is 0 Å². The van der Waals surface area contributed by atoms with Gasteiger partial charge >= 0.3 is 31.9 Å². The van der Waals surface area contributed by atoms with Gasteiger partial charge in [0.25, 0.3) is 0 Å². The molecule has 2 rings (SSSR count). The Kier molecular flexibility index (Phi) is 6.62. The first-order valence-electron chi connectivity index (χ1n) is 7.67. The van der Waals surface area contributed by atoms with E-state index in [-0.39, 0.29) is 30.6 Å². The average Bonchev–Trinajstić information content (AvgIpc) is 2.63. The Balaban J connectivity index is 1.81. The molecule has 0 saturated carbocycles. The molecule has 2 amide bonds. The van der Waals surface area contributed by atoms with E-state index in [9.17, 15) is 35.9 Å². The lowest BCUT2D eigenvalue weighted by Crippen LogP contribution is -2.29. The van der Waals surface area contributed by atoms with Gasteiger partial charge in [-0.2, -0.15) is 26.3 Å². The fourth-order valence-electron chi connectivity index (χ4n) is 1.84. The summed E-state index contributed by atoms with van der Waals surface area (Å²) in [6, 6.07) is 9.95. The number of alkyl halides is 6. The lowest BCUT2D eigenvalue weighted by Gasteiger charge is -2.11. The quantitative estimate of drug-likeness (QED) is 0.555. The zero-order valence-corrected chi connectivity index (χ0v) is 14.2. The average molecular weight is 420 g/mol. The molecule has 2 aromatic carbocycles. The molecule has 6 nitrogen and oxygen atoms in total. The van der Waals surface area contributed by atoms with Crippen molar-refractivity contribution in [2.45, 2.75) is 12.4 Å². The number of rotatable bonds is 6. The molecule has 0 fully saturated rings. The third kappa shape index (κ3) is 6.94. The third-order valence-electron chi connectivity index (χ3n) is 3.19. The second-order valence-corrected chi connectivity index (χ2v) is 5.36. The first-order valence-corrected chi connectivity index (χ1v) is 7.67. The van der Waals surface area contributed by atoms with E-state index < -0.39 is 24.2 Å². The van der Waals surface area contributed by atoms with Crippen LogP contribution in [0.15, 0.2) is 48.5 Å². The molecule has 0 heterocycles. The largest absolute Gasteiger partial charge is 0.576 e. The van der Waals surface area contributed by atoms with Crippen molar-refractivity contribution in [1.82, 2.24) is 0 Å². The molecule has 13 heteroatoms. The summed E-state index contributed by atoms with van der Waals surface area (Å²) in [5.41, 5.74) is -0.172. The van der Waals surface area contributed by atoms with Crippen molar-refractivity contribution < 1.29 is 45.2 Å². The number of carbonyl (C=O) groups excluding carboxylic acids is 2. The van der Waals surface area contributed by atoms with E-state index in [1.807, 2.05) is 0 Å². The number of hydrogen-bond donors (Lipinski definition) is 2. The SMILES string of the molecule is O=C(Nc1ccc(OBOc2ccc(NC(=O)C(F)(F)F)cc2)cc1)C(F)(F)F. The van der Waals surface area contributed by atoms with Crippen LogP contribution in [-0.2, 0) is 9.59 Å². The second-order valence-electron chi connectivity index (χ2n) is 5.36. The van der Waals surface area contributed by atoms with Crippen LogP contribution in [0.2, 0.25) is 0 Å². The van der Waals surface area contributed by atoms with Crippen LogP contribution in [-0.4, -0.2) is 31.9 Å². The highest BCUT2D eigenvalue weighted by molar-refractivity contribution is 6.20. The van der Waals surface area contributed by atoms with Gasteiger partial charge in [-0.1, -0.05) is 0 Å². The maximum absolute atomic E-state index is 12.2. The van der Waals surface area contributed by atoms with Crippen LogP contribution in [0, 0.1) is 0 Å². The van der Waals surface area contributed by atoms with Crippen LogP contribution in [0.5, 0.6) is 11.5 Å². The van der Waals surface area contributed by atoms with Crippen LogP contribution >= 0.6 is 0 Å². The molecule has 154 valence electrons. The standard InChI is InChI=1S/C16H11BF6N2O4/c18-15(19,20)13(26)24-9-1-5-11(6-2-9)28-17-29-12-7-3-10(4-8-12)25-14(27)16(21,22)23/h1-8,17H,(H,24,26)(H,25,27). The fraction of sp³-hybridized carbons (Fsp3) is 0.125. The summed E-state index contributed by atoms with van der Waals surface area (Å²) in [5.74, 6) is -3.76. The van der Waals surface area contributed by atoms with Gasteiger partial charge in [0, 0.05) is 11.4 Å². The number of anilines is 2. The van der Waals surface area contributed by atoms with E-state index in [1.54, 1.807) is 10.6 Å². The van der Waals surface area contributed by atoms with Crippen molar-refractivity contribution in [3.8, 4) is 11.5 Å². The summed E-state index contributed by atoms with van der Waals surface area (Å²) in [7, 11) is -0.317. The lowest BCUT2D eigenvalue weighted by molar-refractivity contribution is -0.167. The summed E-state index contributed by atoms with van der Waals surface area (Å²) in [4.78, 5) is 21.6. The lowest BCUT2D eigenvalue weighted by atomic mass is 10.2. The van der Waals surface area contributed by atoms with Gasteiger partial charge in [-0.3, -0.25) is 9.59 Å². The predicted molar refractivity (Wildman–Crippen MR) is 90.7 cm³/mol. The van der Waals surface area contributed by atoms with E-state index in [1.165, 1.54) is 48.5 Å². The van der Waals surface area contributed by atoms with Crippen LogP contribution in [0.3, 0.4) is 0 Å². The molecular weight excluding hydrogens is 409 g/mol. The molecule has 0 radical (unpaired) electrons. The van der Waals surface area contributed by atoms with Gasteiger partial charge in [0.05, 0.1) is 0 Å². The number of benzene rings is 2. The minimum atomic E-state index is -5.01. The van der Waals surface area contributed by atoms with Crippen LogP contribution in [0.25, 0.3) is 0 Å². The van der Waals surface area contributed by atoms with Gasteiger partial charge in [0.2, 0.25) is 0 Å². The topological polar surface area (TPSA) is 76.7 Å². The van der Waals surface area contributed by atoms with Crippen molar-refractivity contribution in [1.29, 1.82) is 0 Å². The molecule has 2 aromatic rings. The first-order chi connectivity index (χ1) is 13.4. The number of hydrogen-bond acceptors (Lipinski definition) is 4. The highest BCUT2D eigenvalue weighted by Gasteiger charge is 2.39. The van der Waals surface area contributed by atoms with Gasteiger partial charge in [-0.15, -0.1) is 0 Å². The van der Waals surface area contributed by atoms with Crippen molar-refractivity contribution in [3.05, 3.63) is 48.5 Å². The zero-order valence-electron chi connectivity index (χ0n) is 14.2. The summed E-state index contributed by atoms with van der Waals surface area (Å²) < 4.78 is 83.3. The highest BCUT2D eigenvalue weighted by Crippen LogP contribution is 2.22. The summed E-state index contributed by atoms with van der Waals surface area (Å²) in [6.07, 6.45) is -10.0. The predicted octanol–water partition coefficient (Wildman–Crippen LogP) is 3.41. The molecule has 0 spiro atoms.